The van der Waals surface area contributed by atoms with Crippen LogP contribution in [0.5, 0.6) is 0 Å². The predicted molar refractivity (Wildman–Crippen MR) is 78.0 cm³/mol. The van der Waals surface area contributed by atoms with Crippen molar-refractivity contribution < 1.29 is 0 Å². The summed E-state index contributed by atoms with van der Waals surface area (Å²) >= 11 is 0. The van der Waals surface area contributed by atoms with E-state index in [1.54, 1.807) is 0 Å². The molecule has 1 nitrogen and oxygen atoms in total. The summed E-state index contributed by atoms with van der Waals surface area (Å²) in [4.78, 5) is 0. The van der Waals surface area contributed by atoms with Gasteiger partial charge in [-0.25, -0.2) is 0 Å². The number of unbranched alkanes of at least 4 members (excludes halogenated alkanes) is 3. The first-order chi connectivity index (χ1) is 8.77. The van der Waals surface area contributed by atoms with Crippen LogP contribution in [0.25, 0.3) is 6.08 Å². The molecule has 18 heavy (non-hydrogen) atoms. The fraction of sp³-hybridized carbons (Fsp3) is 0.471. The van der Waals surface area contributed by atoms with Gasteiger partial charge in [-0.05, 0) is 25.3 Å². The third-order valence-electron chi connectivity index (χ3n) is 3.22. The van der Waals surface area contributed by atoms with Gasteiger partial charge >= 0.3 is 0 Å². The van der Waals surface area contributed by atoms with E-state index in [-0.39, 0.29) is 5.92 Å². The second kappa shape index (κ2) is 8.53. The van der Waals surface area contributed by atoms with E-state index < -0.39 is 0 Å². The van der Waals surface area contributed by atoms with Gasteiger partial charge in [0, 0.05) is 0 Å². The van der Waals surface area contributed by atoms with Crippen molar-refractivity contribution in [2.45, 2.75) is 46.0 Å². The molecule has 0 aliphatic heterocycles. The van der Waals surface area contributed by atoms with Crippen molar-refractivity contribution in [1.82, 2.24) is 0 Å². The number of allylic oxidation sites excluding steroid dienone is 1. The van der Waals surface area contributed by atoms with Gasteiger partial charge in [-0.2, -0.15) is 5.26 Å². The van der Waals surface area contributed by atoms with Crippen LogP contribution in [-0.4, -0.2) is 0 Å². The van der Waals surface area contributed by atoms with Gasteiger partial charge in [0.05, 0.1) is 12.0 Å². The summed E-state index contributed by atoms with van der Waals surface area (Å²) in [6, 6.07) is 12.6. The van der Waals surface area contributed by atoms with E-state index >= 15 is 0 Å². The van der Waals surface area contributed by atoms with Gasteiger partial charge < -0.3 is 0 Å². The monoisotopic (exact) mass is 241 g/mol. The lowest BCUT2D eigenvalue weighted by Gasteiger charge is -2.09. The SMILES string of the molecule is CCCCCC/C(=C\c1ccccc1)C(C)C#N. The van der Waals surface area contributed by atoms with E-state index in [9.17, 15) is 0 Å². The summed E-state index contributed by atoms with van der Waals surface area (Å²) in [5, 5.41) is 9.10. The third kappa shape index (κ3) is 5.19. The topological polar surface area (TPSA) is 23.8 Å². The molecule has 0 aromatic heterocycles. The molecule has 1 unspecified atom stereocenters. The lowest BCUT2D eigenvalue weighted by molar-refractivity contribution is 0.645. The number of hydrogen-bond acceptors (Lipinski definition) is 1. The molecule has 0 radical (unpaired) electrons. The fourth-order valence-electron chi connectivity index (χ4n) is 2.02. The standard InChI is InChI=1S/C17H23N/c1-3-4-5-9-12-17(15(2)14-18)13-16-10-7-6-8-11-16/h6-8,10-11,13,15H,3-5,9,12H2,1-2H3/b17-13+. The number of hydrogen-bond donors (Lipinski definition) is 0. The van der Waals surface area contributed by atoms with Crippen molar-refractivity contribution in [2.24, 2.45) is 5.92 Å². The van der Waals surface area contributed by atoms with Crippen molar-refractivity contribution in [3.8, 4) is 6.07 Å². The fourth-order valence-corrected chi connectivity index (χ4v) is 2.02. The molecule has 0 saturated heterocycles. The van der Waals surface area contributed by atoms with Crippen LogP contribution in [0.2, 0.25) is 0 Å². The lowest BCUT2D eigenvalue weighted by atomic mass is 9.94. The molecule has 1 rings (SSSR count). The molecule has 0 heterocycles. The Kier molecular flexibility index (Phi) is 6.87. The molecule has 0 spiro atoms. The molecular weight excluding hydrogens is 218 g/mol. The number of nitrogens with zero attached hydrogens (tertiary/aromatic N) is 1. The highest BCUT2D eigenvalue weighted by Gasteiger charge is 2.07. The molecule has 0 amide bonds. The first-order valence-electron chi connectivity index (χ1n) is 6.93. The minimum absolute atomic E-state index is 0.0202. The normalized spacial score (nSPS) is 13.1. The molecule has 96 valence electrons. The van der Waals surface area contributed by atoms with Crippen LogP contribution in [0.1, 0.15) is 51.5 Å². The second-order valence-electron chi connectivity index (χ2n) is 4.79. The van der Waals surface area contributed by atoms with Gasteiger partial charge in [-0.15, -0.1) is 0 Å². The molecular formula is C17H23N. The molecule has 0 bridgehead atoms. The summed E-state index contributed by atoms with van der Waals surface area (Å²) in [5.41, 5.74) is 2.46. The van der Waals surface area contributed by atoms with Gasteiger partial charge in [0.15, 0.2) is 0 Å². The third-order valence-corrected chi connectivity index (χ3v) is 3.22. The van der Waals surface area contributed by atoms with Crippen LogP contribution in [0.3, 0.4) is 0 Å². The van der Waals surface area contributed by atoms with Gasteiger partial charge in [0.1, 0.15) is 0 Å². The molecule has 0 fully saturated rings. The summed E-state index contributed by atoms with van der Waals surface area (Å²) in [7, 11) is 0. The highest BCUT2D eigenvalue weighted by atomic mass is 14.3. The number of nitriles is 1. The zero-order valence-corrected chi connectivity index (χ0v) is 11.5. The van der Waals surface area contributed by atoms with E-state index in [0.717, 1.165) is 6.42 Å². The molecule has 1 aromatic rings. The van der Waals surface area contributed by atoms with Crippen LogP contribution in [0.4, 0.5) is 0 Å². The zero-order chi connectivity index (χ0) is 13.2. The van der Waals surface area contributed by atoms with Gasteiger partial charge in [-0.1, -0.05) is 68.2 Å². The summed E-state index contributed by atoms with van der Waals surface area (Å²) in [5.74, 6) is 0.0202. The summed E-state index contributed by atoms with van der Waals surface area (Å²) in [6.45, 7) is 4.22. The smallest absolute Gasteiger partial charge is 0.0697 e. The molecule has 0 aliphatic rings. The summed E-state index contributed by atoms with van der Waals surface area (Å²) in [6.07, 6.45) is 8.23. The van der Waals surface area contributed by atoms with Crippen molar-refractivity contribution in [1.29, 1.82) is 5.26 Å². The van der Waals surface area contributed by atoms with Crippen molar-refractivity contribution in [3.05, 3.63) is 41.5 Å². The van der Waals surface area contributed by atoms with Gasteiger partial charge in [-0.3, -0.25) is 0 Å². The minimum Gasteiger partial charge on any atom is -0.198 e. The predicted octanol–water partition coefficient (Wildman–Crippen LogP) is 5.20. The van der Waals surface area contributed by atoms with Gasteiger partial charge in [0.25, 0.3) is 0 Å². The van der Waals surface area contributed by atoms with Crippen LogP contribution >= 0.6 is 0 Å². The number of benzene rings is 1. The van der Waals surface area contributed by atoms with Crippen molar-refractivity contribution in [3.63, 3.8) is 0 Å². The Labute approximate surface area is 111 Å². The summed E-state index contributed by atoms with van der Waals surface area (Å²) < 4.78 is 0. The Balaban J connectivity index is 2.67. The highest BCUT2D eigenvalue weighted by molar-refractivity contribution is 5.53. The molecule has 1 heteroatoms. The zero-order valence-electron chi connectivity index (χ0n) is 11.5. The Morgan fingerprint density at radius 2 is 1.94 bits per heavy atom. The van der Waals surface area contributed by atoms with Crippen molar-refractivity contribution in [2.75, 3.05) is 0 Å². The Bertz CT molecular complexity index is 397. The van der Waals surface area contributed by atoms with E-state index in [0.29, 0.717) is 0 Å². The lowest BCUT2D eigenvalue weighted by Crippen LogP contribution is -1.96. The Morgan fingerprint density at radius 3 is 2.56 bits per heavy atom. The second-order valence-corrected chi connectivity index (χ2v) is 4.79. The minimum atomic E-state index is 0.0202. The maximum atomic E-state index is 9.10. The Morgan fingerprint density at radius 1 is 1.22 bits per heavy atom. The van der Waals surface area contributed by atoms with Crippen LogP contribution in [0, 0.1) is 17.2 Å². The van der Waals surface area contributed by atoms with Crippen molar-refractivity contribution >= 4 is 6.08 Å². The van der Waals surface area contributed by atoms with E-state index in [1.165, 1.54) is 36.8 Å². The van der Waals surface area contributed by atoms with Crippen LogP contribution < -0.4 is 0 Å². The Hall–Kier alpha value is -1.55. The van der Waals surface area contributed by atoms with Crippen LogP contribution in [0.15, 0.2) is 35.9 Å². The van der Waals surface area contributed by atoms with E-state index in [2.05, 4.69) is 31.2 Å². The number of rotatable bonds is 7. The average Bonchev–Trinajstić information content (AvgIpc) is 2.42. The highest BCUT2D eigenvalue weighted by Crippen LogP contribution is 2.21. The van der Waals surface area contributed by atoms with Gasteiger partial charge in [0.2, 0.25) is 0 Å². The quantitative estimate of drug-likeness (QED) is 0.602. The van der Waals surface area contributed by atoms with E-state index in [1.807, 2.05) is 25.1 Å². The average molecular weight is 241 g/mol. The van der Waals surface area contributed by atoms with E-state index in [4.69, 9.17) is 5.26 Å². The maximum absolute atomic E-state index is 9.10. The molecule has 0 saturated carbocycles. The van der Waals surface area contributed by atoms with Crippen LogP contribution in [-0.2, 0) is 0 Å². The molecule has 1 aromatic carbocycles. The molecule has 0 N–H and O–H groups in total. The largest absolute Gasteiger partial charge is 0.198 e. The first kappa shape index (κ1) is 14.5. The molecule has 0 aliphatic carbocycles. The maximum Gasteiger partial charge on any atom is 0.0697 e. The first-order valence-corrected chi connectivity index (χ1v) is 6.93. The molecule has 1 atom stereocenters.